The van der Waals surface area contributed by atoms with E-state index >= 15 is 0 Å². The summed E-state index contributed by atoms with van der Waals surface area (Å²) in [4.78, 5) is 24.4. The van der Waals surface area contributed by atoms with Gasteiger partial charge in [0.05, 0.1) is 5.52 Å². The molecule has 3 aromatic rings. The van der Waals surface area contributed by atoms with Gasteiger partial charge in [-0.3, -0.25) is 9.20 Å². The van der Waals surface area contributed by atoms with E-state index in [0.29, 0.717) is 5.92 Å². The van der Waals surface area contributed by atoms with E-state index in [-0.39, 0.29) is 11.1 Å². The lowest BCUT2D eigenvalue weighted by atomic mass is 9.95. The van der Waals surface area contributed by atoms with Crippen molar-refractivity contribution in [2.24, 2.45) is 0 Å². The smallest absolute Gasteiger partial charge is 0.341 e. The number of hydrogen-bond acceptors (Lipinski definition) is 3. The molecule has 2 heterocycles. The Bertz CT molecular complexity index is 1200. The highest BCUT2D eigenvalue weighted by molar-refractivity contribution is 5.89. The summed E-state index contributed by atoms with van der Waals surface area (Å²) in [6.07, 6.45) is 3.79. The normalized spacial score (nSPS) is 14.3. The molecule has 0 atom stereocenters. The van der Waals surface area contributed by atoms with E-state index in [1.165, 1.54) is 9.96 Å². The molecule has 2 N–H and O–H groups in total. The van der Waals surface area contributed by atoms with E-state index in [9.17, 15) is 14.7 Å². The number of nitrogens with zero attached hydrogens (tertiary/aromatic N) is 1. The molecule has 1 aliphatic rings. The van der Waals surface area contributed by atoms with Crippen molar-refractivity contribution in [1.29, 1.82) is 0 Å². The van der Waals surface area contributed by atoms with Crippen LogP contribution in [0.25, 0.3) is 16.6 Å². The maximum Gasteiger partial charge on any atom is 0.341 e. The molecule has 1 aromatic carbocycles. The Morgan fingerprint density at radius 2 is 1.93 bits per heavy atom. The highest BCUT2D eigenvalue weighted by Gasteiger charge is 2.29. The van der Waals surface area contributed by atoms with Crippen molar-refractivity contribution >= 4 is 11.5 Å². The zero-order valence-corrected chi connectivity index (χ0v) is 18.0. The summed E-state index contributed by atoms with van der Waals surface area (Å²) >= 11 is 0. The lowest BCUT2D eigenvalue weighted by Gasteiger charge is -2.21. The van der Waals surface area contributed by atoms with Crippen molar-refractivity contribution in [1.82, 2.24) is 9.72 Å². The van der Waals surface area contributed by atoms with Crippen LogP contribution >= 0.6 is 0 Å². The Balaban J connectivity index is 1.85. The lowest BCUT2D eigenvalue weighted by molar-refractivity contribution is 0.0694. The largest absolute Gasteiger partial charge is 0.477 e. The van der Waals surface area contributed by atoms with Gasteiger partial charge >= 0.3 is 5.97 Å². The summed E-state index contributed by atoms with van der Waals surface area (Å²) in [5, 5.41) is 13.0. The second-order valence-corrected chi connectivity index (χ2v) is 9.27. The van der Waals surface area contributed by atoms with E-state index in [2.05, 4.69) is 50.4 Å². The van der Waals surface area contributed by atoms with Gasteiger partial charge in [-0.15, -0.1) is 0 Å². The molecule has 4 rings (SSSR count). The van der Waals surface area contributed by atoms with E-state index in [1.54, 1.807) is 12.3 Å². The van der Waals surface area contributed by atoms with Crippen LogP contribution in [0.4, 0.5) is 0 Å². The van der Waals surface area contributed by atoms with Crippen LogP contribution in [-0.2, 0) is 6.54 Å². The summed E-state index contributed by atoms with van der Waals surface area (Å²) in [7, 11) is 0. The summed E-state index contributed by atoms with van der Waals surface area (Å²) in [5.74, 6) is -0.841. The Morgan fingerprint density at radius 3 is 2.57 bits per heavy atom. The van der Waals surface area contributed by atoms with Crippen LogP contribution in [0.1, 0.15) is 66.6 Å². The van der Waals surface area contributed by atoms with Gasteiger partial charge in [0, 0.05) is 18.3 Å². The van der Waals surface area contributed by atoms with Gasteiger partial charge in [0.2, 0.25) is 0 Å². The maximum atomic E-state index is 12.8. The SMILES string of the molecule is Cc1c(-c2cccc(CNC(C)(C)C)c2)ccn2c(=O)c(C(=O)O)cc(C3CC3)c12. The highest BCUT2D eigenvalue weighted by Crippen LogP contribution is 2.43. The molecule has 1 aliphatic carbocycles. The number of pyridine rings is 2. The molecular weight excluding hydrogens is 376 g/mol. The zero-order valence-electron chi connectivity index (χ0n) is 18.0. The number of benzene rings is 1. The molecule has 5 nitrogen and oxygen atoms in total. The Morgan fingerprint density at radius 1 is 1.20 bits per heavy atom. The van der Waals surface area contributed by atoms with Gasteiger partial charge in [0.15, 0.2) is 0 Å². The van der Waals surface area contributed by atoms with Crippen LogP contribution in [0.2, 0.25) is 0 Å². The van der Waals surface area contributed by atoms with Crippen LogP contribution in [0.5, 0.6) is 0 Å². The molecule has 0 radical (unpaired) electrons. The molecule has 0 aliphatic heterocycles. The number of carbonyl (C=O) groups is 1. The topological polar surface area (TPSA) is 70.8 Å². The van der Waals surface area contributed by atoms with Crippen molar-refractivity contribution < 1.29 is 9.90 Å². The van der Waals surface area contributed by atoms with Gasteiger partial charge in [-0.05, 0) is 92.5 Å². The number of aryl methyl sites for hydroxylation is 1. The fourth-order valence-electron chi connectivity index (χ4n) is 3.98. The predicted octanol–water partition coefficient (Wildman–Crippen LogP) is 4.74. The van der Waals surface area contributed by atoms with Gasteiger partial charge in [-0.1, -0.05) is 18.2 Å². The Labute approximate surface area is 176 Å². The number of fused-ring (bicyclic) bond motifs is 1. The minimum Gasteiger partial charge on any atom is -0.477 e. The molecule has 1 fully saturated rings. The number of hydrogen-bond donors (Lipinski definition) is 2. The number of rotatable bonds is 5. The first-order valence-electron chi connectivity index (χ1n) is 10.4. The minimum atomic E-state index is -1.17. The third-order valence-electron chi connectivity index (χ3n) is 5.72. The van der Waals surface area contributed by atoms with Gasteiger partial charge < -0.3 is 10.4 Å². The first-order valence-corrected chi connectivity index (χ1v) is 10.4. The van der Waals surface area contributed by atoms with Crippen LogP contribution < -0.4 is 10.9 Å². The van der Waals surface area contributed by atoms with Crippen LogP contribution in [0.3, 0.4) is 0 Å². The first kappa shape index (κ1) is 20.4. The maximum absolute atomic E-state index is 12.8. The number of carboxylic acid groups (broad SMARTS) is 1. The van der Waals surface area contributed by atoms with Crippen molar-refractivity contribution in [2.75, 3.05) is 0 Å². The average molecular weight is 405 g/mol. The van der Waals surface area contributed by atoms with E-state index < -0.39 is 11.5 Å². The van der Waals surface area contributed by atoms with Crippen LogP contribution in [-0.4, -0.2) is 21.0 Å². The summed E-state index contributed by atoms with van der Waals surface area (Å²) < 4.78 is 1.51. The molecule has 0 unspecified atom stereocenters. The summed E-state index contributed by atoms with van der Waals surface area (Å²) in [6.45, 7) is 9.24. The molecule has 0 spiro atoms. The molecule has 5 heteroatoms. The fraction of sp³-hybridized carbons (Fsp3) is 0.360. The second-order valence-electron chi connectivity index (χ2n) is 9.27. The van der Waals surface area contributed by atoms with E-state index in [1.807, 2.05) is 13.0 Å². The van der Waals surface area contributed by atoms with Crippen LogP contribution in [0, 0.1) is 6.92 Å². The molecule has 0 bridgehead atoms. The molecule has 0 saturated heterocycles. The lowest BCUT2D eigenvalue weighted by Crippen LogP contribution is -2.35. The monoisotopic (exact) mass is 404 g/mol. The predicted molar refractivity (Wildman–Crippen MR) is 119 cm³/mol. The molecular formula is C25H28N2O3. The van der Waals surface area contributed by atoms with Crippen molar-refractivity contribution in [2.45, 2.75) is 58.5 Å². The van der Waals surface area contributed by atoms with Crippen molar-refractivity contribution in [3.05, 3.63) is 75.2 Å². The number of carboxylic acids is 1. The molecule has 1 saturated carbocycles. The van der Waals surface area contributed by atoms with Crippen LogP contribution in [0.15, 0.2) is 47.4 Å². The number of aromatic carboxylic acids is 1. The summed E-state index contributed by atoms with van der Waals surface area (Å²) in [5.41, 5.74) is 5.60. The zero-order chi connectivity index (χ0) is 21.6. The molecule has 30 heavy (non-hydrogen) atoms. The standard InChI is InChI=1S/C25H28N2O3/c1-15-19(18-7-5-6-16(12-18)14-26-25(2,3)4)10-11-27-22(15)20(17-8-9-17)13-21(23(27)28)24(29)30/h5-7,10-13,17,26H,8-9,14H2,1-4H3,(H,29,30). The Hall–Kier alpha value is -2.92. The molecule has 2 aromatic heterocycles. The van der Waals surface area contributed by atoms with Gasteiger partial charge in [-0.25, -0.2) is 4.79 Å². The van der Waals surface area contributed by atoms with Gasteiger partial charge in [0.25, 0.3) is 5.56 Å². The third-order valence-corrected chi connectivity index (χ3v) is 5.72. The number of aromatic nitrogens is 1. The second kappa shape index (κ2) is 7.40. The average Bonchev–Trinajstić information content (AvgIpc) is 3.52. The van der Waals surface area contributed by atoms with E-state index in [4.69, 9.17) is 0 Å². The third kappa shape index (κ3) is 3.90. The first-order chi connectivity index (χ1) is 14.2. The van der Waals surface area contributed by atoms with Crippen molar-refractivity contribution in [3.63, 3.8) is 0 Å². The van der Waals surface area contributed by atoms with E-state index in [0.717, 1.165) is 47.2 Å². The van der Waals surface area contributed by atoms with Crippen molar-refractivity contribution in [3.8, 4) is 11.1 Å². The highest BCUT2D eigenvalue weighted by atomic mass is 16.4. The summed E-state index contributed by atoms with van der Waals surface area (Å²) in [6, 6.07) is 11.9. The van der Waals surface area contributed by atoms with Gasteiger partial charge in [0.1, 0.15) is 5.56 Å². The fourth-order valence-corrected chi connectivity index (χ4v) is 3.98. The minimum absolute atomic E-state index is 0.0387. The molecule has 156 valence electrons. The quantitative estimate of drug-likeness (QED) is 0.644. The molecule has 0 amide bonds. The number of nitrogens with one attached hydrogen (secondary N) is 1. The Kier molecular flexibility index (Phi) is 5.02. The van der Waals surface area contributed by atoms with Gasteiger partial charge in [-0.2, -0.15) is 0 Å².